The predicted octanol–water partition coefficient (Wildman–Crippen LogP) is 8.07. The van der Waals surface area contributed by atoms with E-state index in [0.717, 1.165) is 33.6 Å². The molecular formula is C28H15N3S2. The molecule has 1 aliphatic heterocycles. The first-order valence-electron chi connectivity index (χ1n) is 10.8. The van der Waals surface area contributed by atoms with E-state index in [2.05, 4.69) is 94.9 Å². The number of para-hydroxylation sites is 1. The summed E-state index contributed by atoms with van der Waals surface area (Å²) in [7, 11) is 0. The van der Waals surface area contributed by atoms with Gasteiger partial charge in [0.1, 0.15) is 0 Å². The predicted molar refractivity (Wildman–Crippen MR) is 139 cm³/mol. The van der Waals surface area contributed by atoms with E-state index in [1.807, 2.05) is 0 Å². The fourth-order valence-electron chi connectivity index (χ4n) is 5.03. The minimum absolute atomic E-state index is 0.720. The highest BCUT2D eigenvalue weighted by molar-refractivity contribution is 7.99. The van der Waals surface area contributed by atoms with Crippen molar-refractivity contribution in [1.82, 2.24) is 14.5 Å². The third-order valence-corrected chi connectivity index (χ3v) is 8.50. The second-order valence-electron chi connectivity index (χ2n) is 8.30. The Bertz CT molecular complexity index is 1910. The van der Waals surface area contributed by atoms with Crippen molar-refractivity contribution in [1.29, 1.82) is 0 Å². The monoisotopic (exact) mass is 457 g/mol. The highest BCUT2D eigenvalue weighted by Gasteiger charge is 2.23. The van der Waals surface area contributed by atoms with Gasteiger partial charge in [0.05, 0.1) is 22.2 Å². The number of benzene rings is 4. The van der Waals surface area contributed by atoms with Crippen LogP contribution < -0.4 is 0 Å². The molecule has 33 heavy (non-hydrogen) atoms. The van der Waals surface area contributed by atoms with Crippen molar-refractivity contribution in [3.8, 4) is 17.2 Å². The van der Waals surface area contributed by atoms with E-state index in [9.17, 15) is 0 Å². The molecule has 0 spiro atoms. The van der Waals surface area contributed by atoms with Gasteiger partial charge in [-0.15, -0.1) is 11.3 Å². The van der Waals surface area contributed by atoms with Crippen LogP contribution in [0.2, 0.25) is 0 Å². The van der Waals surface area contributed by atoms with Crippen molar-refractivity contribution in [2.24, 2.45) is 0 Å². The third-order valence-electron chi connectivity index (χ3n) is 6.48. The molecule has 0 bridgehead atoms. The van der Waals surface area contributed by atoms with E-state index in [0.29, 0.717) is 0 Å². The van der Waals surface area contributed by atoms with Crippen LogP contribution in [0.5, 0.6) is 0 Å². The fraction of sp³-hybridized carbons (Fsp3) is 0. The summed E-state index contributed by atoms with van der Waals surface area (Å²) in [5.74, 6) is 0.720. The average molecular weight is 458 g/mol. The maximum absolute atomic E-state index is 5.22. The van der Waals surface area contributed by atoms with Crippen LogP contribution in [0.15, 0.2) is 100 Å². The third kappa shape index (κ3) is 2.41. The minimum atomic E-state index is 0.720. The Balaban J connectivity index is 1.54. The van der Waals surface area contributed by atoms with Crippen molar-refractivity contribution < 1.29 is 0 Å². The lowest BCUT2D eigenvalue weighted by Crippen LogP contribution is -2.05. The second-order valence-corrected chi connectivity index (χ2v) is 10.3. The molecule has 0 atom stereocenters. The molecule has 0 saturated carbocycles. The topological polar surface area (TPSA) is 30.7 Å². The first kappa shape index (κ1) is 17.8. The lowest BCUT2D eigenvalue weighted by Gasteiger charge is -2.20. The van der Waals surface area contributed by atoms with Crippen molar-refractivity contribution in [3.05, 3.63) is 90.3 Å². The molecule has 1 aliphatic rings. The summed E-state index contributed by atoms with van der Waals surface area (Å²) >= 11 is 3.58. The van der Waals surface area contributed by atoms with Gasteiger partial charge in [-0.25, -0.2) is 9.97 Å². The molecule has 8 rings (SSSR count). The van der Waals surface area contributed by atoms with Gasteiger partial charge in [-0.1, -0.05) is 54.2 Å². The van der Waals surface area contributed by atoms with Crippen molar-refractivity contribution >= 4 is 65.9 Å². The summed E-state index contributed by atoms with van der Waals surface area (Å²) in [6.07, 6.45) is 0. The number of nitrogens with zero attached hydrogens (tertiary/aromatic N) is 3. The molecule has 3 aromatic heterocycles. The first-order chi connectivity index (χ1) is 16.3. The number of rotatable bonds is 1. The molecule has 0 saturated heterocycles. The van der Waals surface area contributed by atoms with Crippen LogP contribution in [0.3, 0.4) is 0 Å². The maximum atomic E-state index is 5.22. The smallest absolute Gasteiger partial charge is 0.235 e. The number of hydrogen-bond donors (Lipinski definition) is 0. The highest BCUT2D eigenvalue weighted by Crippen LogP contribution is 2.47. The Morgan fingerprint density at radius 1 is 0.697 bits per heavy atom. The van der Waals surface area contributed by atoms with Crippen LogP contribution in [-0.4, -0.2) is 14.5 Å². The van der Waals surface area contributed by atoms with Crippen LogP contribution in [0.4, 0.5) is 0 Å². The van der Waals surface area contributed by atoms with Crippen molar-refractivity contribution in [2.45, 2.75) is 9.79 Å². The van der Waals surface area contributed by atoms with Gasteiger partial charge in [0, 0.05) is 36.2 Å². The van der Waals surface area contributed by atoms with Crippen LogP contribution in [0.25, 0.3) is 60.0 Å². The van der Waals surface area contributed by atoms with Gasteiger partial charge in [-0.2, -0.15) is 0 Å². The molecular weight excluding hydrogens is 442 g/mol. The molecule has 4 heterocycles. The zero-order valence-electron chi connectivity index (χ0n) is 17.3. The molecule has 5 heteroatoms. The van der Waals surface area contributed by atoms with Crippen LogP contribution in [-0.2, 0) is 0 Å². The summed E-state index contributed by atoms with van der Waals surface area (Å²) in [6.45, 7) is 0. The fourth-order valence-corrected chi connectivity index (χ4v) is 6.95. The highest BCUT2D eigenvalue weighted by atomic mass is 32.2. The van der Waals surface area contributed by atoms with Crippen LogP contribution in [0, 0.1) is 0 Å². The Morgan fingerprint density at radius 2 is 1.58 bits per heavy atom. The Hall–Kier alpha value is -3.67. The Morgan fingerprint density at radius 3 is 2.58 bits per heavy atom. The van der Waals surface area contributed by atoms with Gasteiger partial charge in [-0.05, 0) is 53.2 Å². The molecule has 0 fully saturated rings. The summed E-state index contributed by atoms with van der Waals surface area (Å²) in [5, 5.41) is 7.02. The largest absolute Gasteiger partial charge is 0.278 e. The lowest BCUT2D eigenvalue weighted by molar-refractivity contribution is 1.01. The summed E-state index contributed by atoms with van der Waals surface area (Å²) < 4.78 is 3.53. The zero-order valence-corrected chi connectivity index (χ0v) is 19.0. The lowest BCUT2D eigenvalue weighted by atomic mass is 10.1. The molecule has 154 valence electrons. The van der Waals surface area contributed by atoms with Crippen LogP contribution >= 0.6 is 23.1 Å². The minimum Gasteiger partial charge on any atom is -0.278 e. The van der Waals surface area contributed by atoms with E-state index in [-0.39, 0.29) is 0 Å². The molecule has 0 N–H and O–H groups in total. The summed E-state index contributed by atoms with van der Waals surface area (Å²) in [5.41, 5.74) is 5.45. The van der Waals surface area contributed by atoms with E-state index < -0.39 is 0 Å². The standard InChI is InChI=1S/C28H15N3S2/c1-3-9-21-17(6-1)19-15-25-16(12-13-32-25)14-22(19)31(21)28-29-20-8-5-11-24-26(20)27(30-28)18-7-2-4-10-23(18)33-24/h1-15H. The first-order valence-corrected chi connectivity index (χ1v) is 12.5. The van der Waals surface area contributed by atoms with Gasteiger partial charge in [0.15, 0.2) is 0 Å². The van der Waals surface area contributed by atoms with E-state index in [4.69, 9.17) is 9.97 Å². The number of hydrogen-bond acceptors (Lipinski definition) is 4. The van der Waals surface area contributed by atoms with Gasteiger partial charge >= 0.3 is 0 Å². The molecule has 4 aromatic carbocycles. The average Bonchev–Trinajstić information content (AvgIpc) is 3.44. The quantitative estimate of drug-likeness (QED) is 0.250. The van der Waals surface area contributed by atoms with E-state index >= 15 is 0 Å². The van der Waals surface area contributed by atoms with E-state index in [1.54, 1.807) is 23.1 Å². The molecule has 3 nitrogen and oxygen atoms in total. The summed E-state index contributed by atoms with van der Waals surface area (Å²) in [6, 6.07) is 30.2. The van der Waals surface area contributed by atoms with Gasteiger partial charge < -0.3 is 0 Å². The molecule has 0 amide bonds. The second kappa shape index (κ2) is 6.44. The number of fused-ring (bicyclic) bond motifs is 6. The Kier molecular flexibility index (Phi) is 3.48. The molecule has 7 aromatic rings. The number of thiophene rings is 1. The van der Waals surface area contributed by atoms with Crippen LogP contribution in [0.1, 0.15) is 0 Å². The van der Waals surface area contributed by atoms with Crippen molar-refractivity contribution in [2.75, 3.05) is 0 Å². The summed E-state index contributed by atoms with van der Waals surface area (Å²) in [4.78, 5) is 12.8. The van der Waals surface area contributed by atoms with Crippen molar-refractivity contribution in [3.63, 3.8) is 0 Å². The van der Waals surface area contributed by atoms with Gasteiger partial charge in [0.2, 0.25) is 5.95 Å². The molecule has 0 unspecified atom stereocenters. The number of aromatic nitrogens is 3. The normalized spacial score (nSPS) is 12.7. The van der Waals surface area contributed by atoms with Gasteiger partial charge in [0.25, 0.3) is 0 Å². The molecule has 0 aliphatic carbocycles. The van der Waals surface area contributed by atoms with E-state index in [1.165, 1.54) is 36.2 Å². The van der Waals surface area contributed by atoms with Gasteiger partial charge in [-0.3, -0.25) is 4.57 Å². The maximum Gasteiger partial charge on any atom is 0.235 e. The molecule has 0 radical (unpaired) electrons. The Labute approximate surface area is 197 Å². The zero-order chi connectivity index (χ0) is 21.5. The SMILES string of the molecule is c1ccc2c(c1)Sc1cccc3nc(-n4c5ccccc5c5cc6sccc6cc54)nc-2c13.